The van der Waals surface area contributed by atoms with E-state index in [1.165, 1.54) is 0 Å². The Morgan fingerprint density at radius 2 is 2.04 bits per heavy atom. The minimum absolute atomic E-state index is 0.190. The summed E-state index contributed by atoms with van der Waals surface area (Å²) in [5, 5.41) is 2.98. The summed E-state index contributed by atoms with van der Waals surface area (Å²) in [7, 11) is 3.16. The first kappa shape index (κ1) is 17.9. The van der Waals surface area contributed by atoms with Crippen LogP contribution in [0.2, 0.25) is 0 Å². The average Bonchev–Trinajstić information content (AvgIpc) is 3.22. The minimum atomic E-state index is -0.207. The summed E-state index contributed by atoms with van der Waals surface area (Å²) >= 11 is 0. The first-order valence-corrected chi connectivity index (χ1v) is 9.06. The maximum absolute atomic E-state index is 13.2. The Hall–Kier alpha value is -3.48. The molecule has 0 bridgehead atoms. The van der Waals surface area contributed by atoms with Crippen LogP contribution in [0.25, 0.3) is 0 Å². The molecule has 144 valence electrons. The first-order chi connectivity index (χ1) is 13.7. The van der Waals surface area contributed by atoms with E-state index in [4.69, 9.17) is 9.47 Å². The number of ether oxygens (including phenoxy) is 2. The number of methoxy groups -OCH3 is 2. The third kappa shape index (κ3) is 3.26. The lowest BCUT2D eigenvalue weighted by Gasteiger charge is -2.37. The van der Waals surface area contributed by atoms with Crippen LogP contribution in [0.5, 0.6) is 11.5 Å². The fraction of sp³-hybridized carbons (Fsp3) is 0.238. The van der Waals surface area contributed by atoms with Gasteiger partial charge in [0.1, 0.15) is 17.5 Å². The van der Waals surface area contributed by atoms with Crippen molar-refractivity contribution < 1.29 is 14.3 Å². The third-order valence-corrected chi connectivity index (χ3v) is 4.95. The molecular weight excluding hydrogens is 356 g/mol. The van der Waals surface area contributed by atoms with Gasteiger partial charge in [0.25, 0.3) is 0 Å². The fourth-order valence-electron chi connectivity index (χ4n) is 3.58. The number of fused-ring (bicyclic) bond motifs is 1. The number of nitrogens with one attached hydrogen (secondary N) is 1. The number of aromatic nitrogens is 2. The van der Waals surface area contributed by atoms with E-state index in [0.717, 1.165) is 17.8 Å². The average molecular weight is 378 g/mol. The Bertz CT molecular complexity index is 971. The van der Waals surface area contributed by atoms with Crippen LogP contribution in [0.1, 0.15) is 17.3 Å². The highest BCUT2D eigenvalue weighted by atomic mass is 16.5. The molecule has 2 aromatic heterocycles. The fourth-order valence-corrected chi connectivity index (χ4v) is 3.58. The Kier molecular flexibility index (Phi) is 4.89. The van der Waals surface area contributed by atoms with Crippen LogP contribution in [0.15, 0.2) is 61.1 Å². The molecule has 0 aliphatic carbocycles. The van der Waals surface area contributed by atoms with Gasteiger partial charge in [-0.3, -0.25) is 4.98 Å². The lowest BCUT2D eigenvalue weighted by molar-refractivity contribution is 0.181. The highest BCUT2D eigenvalue weighted by Crippen LogP contribution is 2.34. The lowest BCUT2D eigenvalue weighted by Crippen LogP contribution is -2.44. The molecule has 7 nitrogen and oxygen atoms in total. The highest BCUT2D eigenvalue weighted by molar-refractivity contribution is 5.91. The molecule has 1 N–H and O–H groups in total. The summed E-state index contributed by atoms with van der Waals surface area (Å²) in [5.41, 5.74) is 2.63. The summed E-state index contributed by atoms with van der Waals surface area (Å²) in [4.78, 5) is 19.3. The van der Waals surface area contributed by atoms with Gasteiger partial charge < -0.3 is 24.3 Å². The van der Waals surface area contributed by atoms with Crippen LogP contribution < -0.4 is 14.8 Å². The number of carbonyl (C=O) groups excluding carboxylic acids is 1. The van der Waals surface area contributed by atoms with Crippen molar-refractivity contribution in [3.05, 3.63) is 72.3 Å². The number of hydrogen-bond acceptors (Lipinski definition) is 4. The van der Waals surface area contributed by atoms with Gasteiger partial charge in [-0.25, -0.2) is 4.79 Å². The van der Waals surface area contributed by atoms with Gasteiger partial charge in [0, 0.05) is 43.4 Å². The third-order valence-electron chi connectivity index (χ3n) is 4.95. The number of urea groups is 1. The monoisotopic (exact) mass is 378 g/mol. The molecule has 0 saturated carbocycles. The molecule has 0 spiro atoms. The zero-order valence-corrected chi connectivity index (χ0v) is 15.8. The maximum atomic E-state index is 13.2. The molecule has 4 rings (SSSR count). The van der Waals surface area contributed by atoms with Gasteiger partial charge in [-0.2, -0.15) is 0 Å². The Labute approximate surface area is 163 Å². The number of carbonyl (C=O) groups is 1. The molecule has 0 fully saturated rings. The minimum Gasteiger partial charge on any atom is -0.497 e. The second-order valence-corrected chi connectivity index (χ2v) is 6.51. The summed E-state index contributed by atoms with van der Waals surface area (Å²) < 4.78 is 12.8. The van der Waals surface area contributed by atoms with Crippen LogP contribution in [-0.4, -0.2) is 41.2 Å². The van der Waals surface area contributed by atoms with Gasteiger partial charge in [-0.05, 0) is 35.9 Å². The van der Waals surface area contributed by atoms with Crippen molar-refractivity contribution in [3.8, 4) is 11.5 Å². The first-order valence-electron chi connectivity index (χ1n) is 9.06. The van der Waals surface area contributed by atoms with Gasteiger partial charge in [0.05, 0.1) is 19.9 Å². The summed E-state index contributed by atoms with van der Waals surface area (Å²) in [6.07, 6.45) is 5.58. The number of benzene rings is 1. The van der Waals surface area contributed by atoms with E-state index in [9.17, 15) is 4.79 Å². The SMILES string of the molecule is COc1ccc(NC(=O)N2CCn3cccc3[C@@H]2c2cccnc2)c(OC)c1. The van der Waals surface area contributed by atoms with Crippen molar-refractivity contribution in [1.82, 2.24) is 14.5 Å². The number of nitrogens with zero attached hydrogens (tertiary/aromatic N) is 3. The van der Waals surface area contributed by atoms with Crippen LogP contribution in [0.3, 0.4) is 0 Å². The summed E-state index contributed by atoms with van der Waals surface area (Å²) in [5.74, 6) is 1.21. The number of rotatable bonds is 4. The molecule has 2 amide bonds. The lowest BCUT2D eigenvalue weighted by atomic mass is 10.0. The molecule has 28 heavy (non-hydrogen) atoms. The topological polar surface area (TPSA) is 68.6 Å². The standard InChI is InChI=1S/C21H22N4O3/c1-27-16-7-8-17(19(13-16)28-2)23-21(26)25-12-11-24-10-4-6-18(24)20(25)15-5-3-9-22-14-15/h3-10,13-14,20H,11-12H2,1-2H3,(H,23,26)/t20-/m0/s1. The van der Waals surface area contributed by atoms with E-state index in [1.807, 2.05) is 41.6 Å². The van der Waals surface area contributed by atoms with Crippen molar-refractivity contribution in [2.75, 3.05) is 26.1 Å². The normalized spacial score (nSPS) is 15.6. The number of anilines is 1. The molecule has 0 saturated heterocycles. The smallest absolute Gasteiger partial charge is 0.322 e. The van der Waals surface area contributed by atoms with Gasteiger partial charge >= 0.3 is 6.03 Å². The quantitative estimate of drug-likeness (QED) is 0.754. The highest BCUT2D eigenvalue weighted by Gasteiger charge is 2.32. The Morgan fingerprint density at radius 1 is 1.14 bits per heavy atom. The van der Waals surface area contributed by atoms with E-state index in [0.29, 0.717) is 23.7 Å². The van der Waals surface area contributed by atoms with Gasteiger partial charge in [0.15, 0.2) is 0 Å². The molecule has 1 aromatic carbocycles. The van der Waals surface area contributed by atoms with Crippen LogP contribution in [0, 0.1) is 0 Å². The molecule has 3 aromatic rings. The van der Waals surface area contributed by atoms with Crippen LogP contribution in [0.4, 0.5) is 10.5 Å². The van der Waals surface area contributed by atoms with E-state index in [1.54, 1.807) is 38.6 Å². The van der Waals surface area contributed by atoms with Crippen LogP contribution >= 0.6 is 0 Å². The van der Waals surface area contributed by atoms with Crippen molar-refractivity contribution in [2.45, 2.75) is 12.6 Å². The van der Waals surface area contributed by atoms with Crippen LogP contribution in [-0.2, 0) is 6.54 Å². The van der Waals surface area contributed by atoms with E-state index in [2.05, 4.69) is 14.9 Å². The molecule has 1 aliphatic rings. The number of amides is 2. The van der Waals surface area contributed by atoms with Gasteiger partial charge in [-0.1, -0.05) is 6.07 Å². The molecule has 0 unspecified atom stereocenters. The van der Waals surface area contributed by atoms with Crippen molar-refractivity contribution in [2.24, 2.45) is 0 Å². The summed E-state index contributed by atoms with van der Waals surface area (Å²) in [6, 6.07) is 12.9. The molecule has 0 radical (unpaired) electrons. The van der Waals surface area contributed by atoms with E-state index >= 15 is 0 Å². The predicted octanol–water partition coefficient (Wildman–Crippen LogP) is 3.54. The Balaban J connectivity index is 1.65. The maximum Gasteiger partial charge on any atom is 0.322 e. The number of hydrogen-bond donors (Lipinski definition) is 1. The number of pyridine rings is 1. The molecule has 3 heterocycles. The van der Waals surface area contributed by atoms with E-state index in [-0.39, 0.29) is 12.1 Å². The van der Waals surface area contributed by atoms with Crippen molar-refractivity contribution in [3.63, 3.8) is 0 Å². The van der Waals surface area contributed by atoms with Gasteiger partial charge in [0.2, 0.25) is 0 Å². The summed E-state index contributed by atoms with van der Waals surface area (Å²) in [6.45, 7) is 1.33. The molecular formula is C21H22N4O3. The second-order valence-electron chi connectivity index (χ2n) is 6.51. The molecule has 1 aliphatic heterocycles. The van der Waals surface area contributed by atoms with Crippen molar-refractivity contribution >= 4 is 11.7 Å². The zero-order chi connectivity index (χ0) is 19.5. The predicted molar refractivity (Wildman–Crippen MR) is 106 cm³/mol. The van der Waals surface area contributed by atoms with Gasteiger partial charge in [-0.15, -0.1) is 0 Å². The zero-order valence-electron chi connectivity index (χ0n) is 15.8. The second kappa shape index (κ2) is 7.64. The van der Waals surface area contributed by atoms with E-state index < -0.39 is 0 Å². The Morgan fingerprint density at radius 3 is 2.79 bits per heavy atom. The van der Waals surface area contributed by atoms with Crippen molar-refractivity contribution in [1.29, 1.82) is 0 Å². The molecule has 7 heteroatoms. The molecule has 1 atom stereocenters. The largest absolute Gasteiger partial charge is 0.497 e.